The van der Waals surface area contributed by atoms with E-state index in [-0.39, 0.29) is 12.5 Å². The van der Waals surface area contributed by atoms with Gasteiger partial charge in [-0.25, -0.2) is 9.48 Å². The number of rotatable bonds is 2. The van der Waals surface area contributed by atoms with E-state index in [0.717, 1.165) is 24.1 Å². The summed E-state index contributed by atoms with van der Waals surface area (Å²) >= 11 is 0. The van der Waals surface area contributed by atoms with Crippen LogP contribution in [-0.4, -0.2) is 27.9 Å². The summed E-state index contributed by atoms with van der Waals surface area (Å²) in [5.74, 6) is -1.07. The number of nitrogens with zero attached hydrogens (tertiary/aromatic N) is 2. The summed E-state index contributed by atoms with van der Waals surface area (Å²) in [4.78, 5) is 13.0. The number of hydrogen-bond donors (Lipinski definition) is 2. The standard InChI is InChI=1S/C9H13F3N4O/c10-9(11,12)7-14-8(17)16(15-7)5-6-2-1-3-13-4-6/h6,13H,1-5H2,(H,14,15,17). The first kappa shape index (κ1) is 12.2. The van der Waals surface area contributed by atoms with Crippen LogP contribution >= 0.6 is 0 Å². The molecule has 1 aliphatic rings. The SMILES string of the molecule is O=c1[nH]c(C(F)(F)F)nn1CC1CCCNC1. The van der Waals surface area contributed by atoms with Crippen LogP contribution in [-0.2, 0) is 12.7 Å². The lowest BCUT2D eigenvalue weighted by atomic mass is 10.00. The second-order valence-electron chi connectivity index (χ2n) is 4.17. The average Bonchev–Trinajstić information content (AvgIpc) is 2.62. The van der Waals surface area contributed by atoms with Crippen LogP contribution in [0.1, 0.15) is 18.7 Å². The highest BCUT2D eigenvalue weighted by Gasteiger charge is 2.36. The quantitative estimate of drug-likeness (QED) is 0.807. The molecule has 8 heteroatoms. The van der Waals surface area contributed by atoms with E-state index in [4.69, 9.17) is 0 Å². The Morgan fingerprint density at radius 2 is 2.24 bits per heavy atom. The molecule has 1 saturated heterocycles. The fourth-order valence-corrected chi connectivity index (χ4v) is 1.93. The molecule has 0 spiro atoms. The van der Waals surface area contributed by atoms with Crippen molar-refractivity contribution in [3.8, 4) is 0 Å². The van der Waals surface area contributed by atoms with E-state index in [0.29, 0.717) is 6.54 Å². The highest BCUT2D eigenvalue weighted by Crippen LogP contribution is 2.24. The van der Waals surface area contributed by atoms with Gasteiger partial charge in [-0.3, -0.25) is 4.98 Å². The molecule has 5 nitrogen and oxygen atoms in total. The van der Waals surface area contributed by atoms with Crippen molar-refractivity contribution in [2.45, 2.75) is 25.6 Å². The fraction of sp³-hybridized carbons (Fsp3) is 0.778. The second-order valence-corrected chi connectivity index (χ2v) is 4.17. The van der Waals surface area contributed by atoms with E-state index < -0.39 is 17.7 Å². The topological polar surface area (TPSA) is 62.7 Å². The van der Waals surface area contributed by atoms with E-state index in [1.165, 1.54) is 0 Å². The van der Waals surface area contributed by atoms with Gasteiger partial charge in [0, 0.05) is 0 Å². The summed E-state index contributed by atoms with van der Waals surface area (Å²) < 4.78 is 37.8. The molecule has 2 rings (SSSR count). The van der Waals surface area contributed by atoms with Crippen molar-refractivity contribution in [1.82, 2.24) is 20.1 Å². The van der Waals surface area contributed by atoms with Gasteiger partial charge in [0.25, 0.3) is 0 Å². The maximum atomic E-state index is 12.3. The lowest BCUT2D eigenvalue weighted by molar-refractivity contribution is -0.145. The minimum absolute atomic E-state index is 0.158. The third-order valence-corrected chi connectivity index (χ3v) is 2.78. The highest BCUT2D eigenvalue weighted by molar-refractivity contribution is 4.88. The molecule has 1 fully saturated rings. The molecule has 1 aromatic rings. The van der Waals surface area contributed by atoms with Gasteiger partial charge in [0.15, 0.2) is 0 Å². The number of piperidine rings is 1. The summed E-state index contributed by atoms with van der Waals surface area (Å²) in [6.07, 6.45) is -2.74. The number of aromatic nitrogens is 3. The molecule has 17 heavy (non-hydrogen) atoms. The number of halogens is 3. The van der Waals surface area contributed by atoms with Gasteiger partial charge in [-0.1, -0.05) is 0 Å². The lowest BCUT2D eigenvalue weighted by Crippen LogP contribution is -2.34. The second kappa shape index (κ2) is 4.52. The van der Waals surface area contributed by atoms with Crippen LogP contribution < -0.4 is 11.0 Å². The van der Waals surface area contributed by atoms with Gasteiger partial charge in [-0.05, 0) is 31.8 Å². The van der Waals surface area contributed by atoms with Crippen molar-refractivity contribution in [3.63, 3.8) is 0 Å². The van der Waals surface area contributed by atoms with E-state index >= 15 is 0 Å². The van der Waals surface area contributed by atoms with Crippen molar-refractivity contribution < 1.29 is 13.2 Å². The first-order valence-corrected chi connectivity index (χ1v) is 5.42. The number of nitrogens with one attached hydrogen (secondary N) is 2. The van der Waals surface area contributed by atoms with Gasteiger partial charge < -0.3 is 5.32 Å². The average molecular weight is 250 g/mol. The van der Waals surface area contributed by atoms with Crippen molar-refractivity contribution in [1.29, 1.82) is 0 Å². The van der Waals surface area contributed by atoms with Crippen LogP contribution in [0.3, 0.4) is 0 Å². The Morgan fingerprint density at radius 3 is 2.76 bits per heavy atom. The van der Waals surface area contributed by atoms with Crippen molar-refractivity contribution in [3.05, 3.63) is 16.3 Å². The van der Waals surface area contributed by atoms with Crippen LogP contribution in [0, 0.1) is 5.92 Å². The largest absolute Gasteiger partial charge is 0.451 e. The van der Waals surface area contributed by atoms with Crippen LogP contribution in [0.15, 0.2) is 4.79 Å². The Bertz CT molecular complexity index is 430. The van der Waals surface area contributed by atoms with E-state index in [1.807, 2.05) is 0 Å². The molecule has 0 amide bonds. The summed E-state index contributed by atoms with van der Waals surface area (Å²) in [6.45, 7) is 1.85. The van der Waals surface area contributed by atoms with Gasteiger partial charge in [-0.15, -0.1) is 5.10 Å². The maximum absolute atomic E-state index is 12.3. The van der Waals surface area contributed by atoms with Crippen LogP contribution in [0.4, 0.5) is 13.2 Å². The zero-order valence-electron chi connectivity index (χ0n) is 9.05. The molecule has 96 valence electrons. The molecule has 1 unspecified atom stereocenters. The fourth-order valence-electron chi connectivity index (χ4n) is 1.93. The normalized spacial score (nSPS) is 21.7. The molecule has 1 aromatic heterocycles. The molecular weight excluding hydrogens is 237 g/mol. The van der Waals surface area contributed by atoms with Crippen molar-refractivity contribution in [2.24, 2.45) is 5.92 Å². The number of alkyl halides is 3. The Hall–Kier alpha value is -1.31. The van der Waals surface area contributed by atoms with Gasteiger partial charge >= 0.3 is 11.9 Å². The van der Waals surface area contributed by atoms with Gasteiger partial charge in [-0.2, -0.15) is 13.2 Å². The molecule has 0 aliphatic carbocycles. The van der Waals surface area contributed by atoms with E-state index in [1.54, 1.807) is 4.98 Å². The molecule has 0 radical (unpaired) electrons. The molecule has 0 bridgehead atoms. The first-order chi connectivity index (χ1) is 7.97. The Kier molecular flexibility index (Phi) is 3.23. The predicted octanol–water partition coefficient (Wildman–Crippen LogP) is 0.590. The van der Waals surface area contributed by atoms with Gasteiger partial charge in [0.05, 0.1) is 6.54 Å². The monoisotopic (exact) mass is 250 g/mol. The van der Waals surface area contributed by atoms with Crippen molar-refractivity contribution >= 4 is 0 Å². The third kappa shape index (κ3) is 2.87. The number of aromatic amines is 1. The minimum Gasteiger partial charge on any atom is -0.316 e. The van der Waals surface area contributed by atoms with E-state index in [9.17, 15) is 18.0 Å². The first-order valence-electron chi connectivity index (χ1n) is 5.42. The maximum Gasteiger partial charge on any atom is 0.451 e. The summed E-state index contributed by atoms with van der Waals surface area (Å²) in [6, 6.07) is 0. The summed E-state index contributed by atoms with van der Waals surface area (Å²) in [5.41, 5.74) is -0.803. The number of H-pyrrole nitrogens is 1. The minimum atomic E-state index is -4.60. The number of hydrogen-bond acceptors (Lipinski definition) is 3. The van der Waals surface area contributed by atoms with Crippen molar-refractivity contribution in [2.75, 3.05) is 13.1 Å². The Balaban J connectivity index is 2.10. The molecule has 1 atom stereocenters. The predicted molar refractivity (Wildman–Crippen MR) is 53.4 cm³/mol. The van der Waals surface area contributed by atoms with E-state index in [2.05, 4.69) is 10.4 Å². The summed E-state index contributed by atoms with van der Waals surface area (Å²) in [7, 11) is 0. The van der Waals surface area contributed by atoms with Crippen LogP contribution in [0.25, 0.3) is 0 Å². The molecule has 0 aromatic carbocycles. The zero-order valence-corrected chi connectivity index (χ0v) is 9.05. The molecule has 0 saturated carbocycles. The Morgan fingerprint density at radius 1 is 1.47 bits per heavy atom. The summed E-state index contributed by atoms with van der Waals surface area (Å²) in [5, 5.41) is 6.41. The highest BCUT2D eigenvalue weighted by atomic mass is 19.4. The van der Waals surface area contributed by atoms with Crippen LogP contribution in [0.2, 0.25) is 0 Å². The van der Waals surface area contributed by atoms with Gasteiger partial charge in [0.1, 0.15) is 0 Å². The molecule has 2 N–H and O–H groups in total. The smallest absolute Gasteiger partial charge is 0.316 e. The molecule has 1 aliphatic heterocycles. The molecule has 2 heterocycles. The molecular formula is C9H13F3N4O. The third-order valence-electron chi connectivity index (χ3n) is 2.78. The Labute approximate surface area is 95.0 Å². The zero-order chi connectivity index (χ0) is 12.5. The van der Waals surface area contributed by atoms with Crippen LogP contribution in [0.5, 0.6) is 0 Å². The van der Waals surface area contributed by atoms with Gasteiger partial charge in [0.2, 0.25) is 5.82 Å². The lowest BCUT2D eigenvalue weighted by Gasteiger charge is -2.21.